The molecular weight excluding hydrogens is 283 g/mol. The molecule has 1 N–H and O–H groups in total. The van der Waals surface area contributed by atoms with E-state index >= 15 is 0 Å². The van der Waals surface area contributed by atoms with Crippen molar-refractivity contribution in [3.05, 3.63) is 47.4 Å². The number of hydrogen-bond acceptors (Lipinski definition) is 6. The molecule has 1 aromatic carbocycles. The maximum absolute atomic E-state index is 13.6. The normalized spacial score (nSPS) is 10.4. The third-order valence-electron chi connectivity index (χ3n) is 2.46. The summed E-state index contributed by atoms with van der Waals surface area (Å²) < 4.78 is 18.6. The van der Waals surface area contributed by atoms with Gasteiger partial charge in [0, 0.05) is 6.07 Å². The number of nitrogens with zero attached hydrogens (tertiary/aromatic N) is 3. The van der Waals surface area contributed by atoms with Gasteiger partial charge in [-0.2, -0.15) is 0 Å². The van der Waals surface area contributed by atoms with Crippen LogP contribution in [0.5, 0.6) is 0 Å². The first-order valence-corrected chi connectivity index (χ1v) is 6.41. The minimum absolute atomic E-state index is 0.0402. The van der Waals surface area contributed by atoms with Gasteiger partial charge in [0.2, 0.25) is 5.13 Å². The SMILES string of the molecule is O=C(Nc1nncs1)c1cc(-c2ccccc2F)on1. The van der Waals surface area contributed by atoms with Gasteiger partial charge in [-0.3, -0.25) is 10.1 Å². The first kappa shape index (κ1) is 12.4. The monoisotopic (exact) mass is 290 g/mol. The van der Waals surface area contributed by atoms with E-state index in [0.29, 0.717) is 5.13 Å². The minimum Gasteiger partial charge on any atom is -0.355 e. The van der Waals surface area contributed by atoms with Crippen molar-refractivity contribution < 1.29 is 13.7 Å². The molecule has 0 aliphatic heterocycles. The van der Waals surface area contributed by atoms with Crippen LogP contribution in [0.25, 0.3) is 11.3 Å². The summed E-state index contributed by atoms with van der Waals surface area (Å²) in [5.41, 5.74) is 1.77. The maximum atomic E-state index is 13.6. The van der Waals surface area contributed by atoms with Crippen molar-refractivity contribution in [2.75, 3.05) is 5.32 Å². The number of anilines is 1. The van der Waals surface area contributed by atoms with Crippen LogP contribution >= 0.6 is 11.3 Å². The predicted octanol–water partition coefficient (Wildman–Crippen LogP) is 2.58. The van der Waals surface area contributed by atoms with E-state index in [2.05, 4.69) is 20.7 Å². The Hall–Kier alpha value is -2.61. The van der Waals surface area contributed by atoms with Crippen LogP contribution < -0.4 is 5.32 Å². The lowest BCUT2D eigenvalue weighted by molar-refractivity contribution is 0.101. The summed E-state index contributed by atoms with van der Waals surface area (Å²) in [6.07, 6.45) is 0. The van der Waals surface area contributed by atoms with Crippen molar-refractivity contribution in [3.8, 4) is 11.3 Å². The van der Waals surface area contributed by atoms with Gasteiger partial charge < -0.3 is 4.52 Å². The maximum Gasteiger partial charge on any atom is 0.279 e. The molecule has 6 nitrogen and oxygen atoms in total. The minimum atomic E-state index is -0.493. The van der Waals surface area contributed by atoms with Crippen molar-refractivity contribution in [1.29, 1.82) is 0 Å². The number of carbonyl (C=O) groups excluding carboxylic acids is 1. The molecule has 0 fully saturated rings. The van der Waals surface area contributed by atoms with Gasteiger partial charge in [-0.1, -0.05) is 28.6 Å². The summed E-state index contributed by atoms with van der Waals surface area (Å²) in [7, 11) is 0. The molecule has 3 rings (SSSR count). The summed E-state index contributed by atoms with van der Waals surface area (Å²) >= 11 is 1.18. The second kappa shape index (κ2) is 5.17. The van der Waals surface area contributed by atoms with Gasteiger partial charge in [-0.15, -0.1) is 10.2 Å². The first-order valence-electron chi connectivity index (χ1n) is 5.53. The third-order valence-corrected chi connectivity index (χ3v) is 3.07. The van der Waals surface area contributed by atoms with Gasteiger partial charge in [0.1, 0.15) is 11.3 Å². The topological polar surface area (TPSA) is 80.9 Å². The van der Waals surface area contributed by atoms with Crippen molar-refractivity contribution in [1.82, 2.24) is 15.4 Å². The van der Waals surface area contributed by atoms with Crippen molar-refractivity contribution in [3.63, 3.8) is 0 Å². The van der Waals surface area contributed by atoms with Gasteiger partial charge >= 0.3 is 0 Å². The zero-order chi connectivity index (χ0) is 13.9. The van der Waals surface area contributed by atoms with Crippen LogP contribution in [0.1, 0.15) is 10.5 Å². The molecule has 100 valence electrons. The lowest BCUT2D eigenvalue weighted by Crippen LogP contribution is -2.11. The van der Waals surface area contributed by atoms with Crippen LogP contribution in [0.15, 0.2) is 40.4 Å². The highest BCUT2D eigenvalue weighted by molar-refractivity contribution is 7.13. The third kappa shape index (κ3) is 2.41. The van der Waals surface area contributed by atoms with E-state index in [1.54, 1.807) is 18.2 Å². The fraction of sp³-hybridized carbons (Fsp3) is 0. The Kier molecular flexibility index (Phi) is 3.21. The molecule has 0 saturated carbocycles. The van der Waals surface area contributed by atoms with Crippen molar-refractivity contribution in [2.24, 2.45) is 0 Å². The standard InChI is InChI=1S/C12H7FN4O2S/c13-8-4-2-1-3-7(8)10-5-9(17-19-10)11(18)15-12-16-14-6-20-12/h1-6H,(H,15,16,18). The smallest absolute Gasteiger partial charge is 0.279 e. The van der Waals surface area contributed by atoms with Gasteiger partial charge in [-0.25, -0.2) is 4.39 Å². The van der Waals surface area contributed by atoms with Crippen LogP contribution in [-0.2, 0) is 0 Å². The zero-order valence-corrected chi connectivity index (χ0v) is 10.7. The van der Waals surface area contributed by atoms with E-state index in [-0.39, 0.29) is 17.0 Å². The number of halogens is 1. The number of carbonyl (C=O) groups is 1. The van der Waals surface area contributed by atoms with Crippen LogP contribution in [0.4, 0.5) is 9.52 Å². The van der Waals surface area contributed by atoms with Crippen molar-refractivity contribution in [2.45, 2.75) is 0 Å². The molecule has 1 amide bonds. The molecule has 2 aromatic heterocycles. The molecule has 0 atom stereocenters. The lowest BCUT2D eigenvalue weighted by atomic mass is 10.1. The van der Waals surface area contributed by atoms with Crippen LogP contribution in [0, 0.1) is 5.82 Å². The van der Waals surface area contributed by atoms with Gasteiger partial charge in [-0.05, 0) is 12.1 Å². The van der Waals surface area contributed by atoms with E-state index in [4.69, 9.17) is 4.52 Å². The summed E-state index contributed by atoms with van der Waals surface area (Å²) in [6.45, 7) is 0. The summed E-state index contributed by atoms with van der Waals surface area (Å²) in [5, 5.41) is 13.7. The Morgan fingerprint density at radius 2 is 2.20 bits per heavy atom. The summed E-state index contributed by atoms with van der Waals surface area (Å²) in [6, 6.07) is 7.45. The van der Waals surface area contributed by atoms with Crippen molar-refractivity contribution >= 4 is 22.4 Å². The number of amides is 1. The van der Waals surface area contributed by atoms with Gasteiger partial charge in [0.15, 0.2) is 11.5 Å². The Bertz CT molecular complexity index is 742. The number of hydrogen-bond donors (Lipinski definition) is 1. The average Bonchev–Trinajstić information content (AvgIpc) is 3.10. The molecule has 0 spiro atoms. The molecular formula is C12H7FN4O2S. The highest BCUT2D eigenvalue weighted by atomic mass is 32.1. The van der Waals surface area contributed by atoms with E-state index in [1.165, 1.54) is 29.0 Å². The largest absolute Gasteiger partial charge is 0.355 e. The number of aromatic nitrogens is 3. The quantitative estimate of drug-likeness (QED) is 0.801. The van der Waals surface area contributed by atoms with Crippen LogP contribution in [0.3, 0.4) is 0 Å². The number of nitrogens with one attached hydrogen (secondary N) is 1. The Morgan fingerprint density at radius 3 is 2.95 bits per heavy atom. The van der Waals surface area contributed by atoms with Crippen LogP contribution in [-0.4, -0.2) is 21.3 Å². The Morgan fingerprint density at radius 1 is 1.35 bits per heavy atom. The summed E-state index contributed by atoms with van der Waals surface area (Å²) in [4.78, 5) is 11.9. The second-order valence-electron chi connectivity index (χ2n) is 3.75. The molecule has 8 heteroatoms. The number of benzene rings is 1. The highest BCUT2D eigenvalue weighted by Gasteiger charge is 2.16. The molecule has 20 heavy (non-hydrogen) atoms. The highest BCUT2D eigenvalue weighted by Crippen LogP contribution is 2.23. The van der Waals surface area contributed by atoms with E-state index < -0.39 is 11.7 Å². The fourth-order valence-electron chi connectivity index (χ4n) is 1.56. The second-order valence-corrected chi connectivity index (χ2v) is 4.59. The molecule has 0 radical (unpaired) electrons. The first-order chi connectivity index (χ1) is 9.74. The Balaban J connectivity index is 1.83. The average molecular weight is 290 g/mol. The zero-order valence-electron chi connectivity index (χ0n) is 9.91. The fourth-order valence-corrected chi connectivity index (χ4v) is 2.00. The van der Waals surface area contributed by atoms with Crippen LogP contribution in [0.2, 0.25) is 0 Å². The molecule has 0 bridgehead atoms. The van der Waals surface area contributed by atoms with E-state index in [9.17, 15) is 9.18 Å². The molecule has 3 aromatic rings. The van der Waals surface area contributed by atoms with Gasteiger partial charge in [0.25, 0.3) is 5.91 Å². The summed E-state index contributed by atoms with van der Waals surface area (Å²) in [5.74, 6) is -0.752. The Labute approximate surface area is 116 Å². The van der Waals surface area contributed by atoms with E-state index in [1.807, 2.05) is 0 Å². The number of rotatable bonds is 3. The molecule has 0 aliphatic rings. The molecule has 0 unspecified atom stereocenters. The van der Waals surface area contributed by atoms with E-state index in [0.717, 1.165) is 0 Å². The molecule has 2 heterocycles. The molecule has 0 aliphatic carbocycles. The predicted molar refractivity (Wildman–Crippen MR) is 69.8 cm³/mol. The molecule has 0 saturated heterocycles. The lowest BCUT2D eigenvalue weighted by Gasteiger charge is -1.96. The van der Waals surface area contributed by atoms with Gasteiger partial charge in [0.05, 0.1) is 5.56 Å².